The molecule has 0 aliphatic heterocycles. The molecule has 0 aliphatic carbocycles. The first-order chi connectivity index (χ1) is 5.79. The number of hydrogen-bond acceptors (Lipinski definition) is 3. The van der Waals surface area contributed by atoms with E-state index < -0.39 is 24.6 Å². The Morgan fingerprint density at radius 3 is 2.08 bits per heavy atom. The van der Waals surface area contributed by atoms with E-state index in [1.807, 2.05) is 0 Å². The first-order valence-electron chi connectivity index (χ1n) is 3.27. The Labute approximate surface area is 71.6 Å². The fourth-order valence-electron chi connectivity index (χ4n) is 0.469. The van der Waals surface area contributed by atoms with Gasteiger partial charge in [-0.15, -0.1) is 0 Å². The van der Waals surface area contributed by atoms with Crippen LogP contribution in [0.15, 0.2) is 0 Å². The van der Waals surface area contributed by atoms with Gasteiger partial charge in [0.2, 0.25) is 0 Å². The van der Waals surface area contributed by atoms with Gasteiger partial charge >= 0.3 is 18.0 Å². The fourth-order valence-corrected chi connectivity index (χ4v) is 0.469. The van der Waals surface area contributed by atoms with Gasteiger partial charge < -0.3 is 9.47 Å². The number of esters is 1. The summed E-state index contributed by atoms with van der Waals surface area (Å²) in [7, 11) is 0.368. The molecule has 0 aromatic rings. The molecule has 0 aromatic carbocycles. The lowest BCUT2D eigenvalue weighted by Crippen LogP contribution is -2.49. The van der Waals surface area contributed by atoms with Crippen LogP contribution in [-0.4, -0.2) is 31.7 Å². The molecule has 7 heteroatoms. The zero-order valence-electron chi connectivity index (χ0n) is 6.94. The van der Waals surface area contributed by atoms with Crippen molar-refractivity contribution in [3.05, 3.63) is 0 Å². The van der Waals surface area contributed by atoms with Gasteiger partial charge in [0.25, 0.3) is 0 Å². The van der Waals surface area contributed by atoms with Crippen molar-refractivity contribution < 1.29 is 31.8 Å². The van der Waals surface area contributed by atoms with Gasteiger partial charge in [0, 0.05) is 7.11 Å². The predicted molar refractivity (Wildman–Crippen MR) is 33.5 cm³/mol. The van der Waals surface area contributed by atoms with Crippen molar-refractivity contribution in [2.45, 2.75) is 19.0 Å². The second-order valence-corrected chi connectivity index (χ2v) is 2.02. The minimum atomic E-state index is -4.96. The molecular weight excluding hydrogens is 196 g/mol. The van der Waals surface area contributed by atoms with Gasteiger partial charge in [0.05, 0.1) is 6.61 Å². The van der Waals surface area contributed by atoms with Crippen LogP contribution in [0, 0.1) is 0 Å². The fraction of sp³-hybridized carbons (Fsp3) is 0.833. The van der Waals surface area contributed by atoms with Gasteiger partial charge in [-0.3, -0.25) is 0 Å². The highest BCUT2D eigenvalue weighted by Crippen LogP contribution is 2.35. The highest BCUT2D eigenvalue weighted by Gasteiger charge is 2.64. The summed E-state index contributed by atoms with van der Waals surface area (Å²) in [5, 5.41) is 0. The van der Waals surface area contributed by atoms with E-state index in [1.165, 1.54) is 6.92 Å². The maximum absolute atomic E-state index is 12.4. The Balaban J connectivity index is 4.64. The lowest BCUT2D eigenvalue weighted by Gasteiger charge is -2.22. The van der Waals surface area contributed by atoms with Crippen LogP contribution in [0.25, 0.3) is 0 Å². The molecule has 0 rings (SSSR count). The van der Waals surface area contributed by atoms with Gasteiger partial charge in [-0.25, -0.2) is 4.79 Å². The van der Waals surface area contributed by atoms with Crippen LogP contribution < -0.4 is 0 Å². The number of rotatable bonds is 4. The molecule has 0 N–H and O–H groups in total. The monoisotopic (exact) mass is 204 g/mol. The van der Waals surface area contributed by atoms with E-state index in [1.54, 1.807) is 0 Å². The predicted octanol–water partition coefficient (Wildman–Crippen LogP) is 1.42. The number of hydrogen-bond donors (Lipinski definition) is 0. The summed E-state index contributed by atoms with van der Waals surface area (Å²) in [4.78, 5) is 10.3. The average Bonchev–Trinajstić information content (AvgIpc) is 2.04. The molecule has 0 spiro atoms. The molecule has 0 atom stereocenters. The lowest BCUT2D eigenvalue weighted by molar-refractivity contribution is -0.329. The van der Waals surface area contributed by atoms with Crippen molar-refractivity contribution in [3.63, 3.8) is 0 Å². The molecule has 0 saturated carbocycles. The minimum absolute atomic E-state index is 0.368. The summed E-state index contributed by atoms with van der Waals surface area (Å²) in [5.74, 6) is -7.26. The third-order valence-corrected chi connectivity index (χ3v) is 1.15. The quantitative estimate of drug-likeness (QED) is 0.513. The summed E-state index contributed by atoms with van der Waals surface area (Å²) in [6.07, 6.45) is -4.85. The first kappa shape index (κ1) is 12.2. The van der Waals surface area contributed by atoms with Crippen molar-refractivity contribution in [2.24, 2.45) is 0 Å². The van der Waals surface area contributed by atoms with Crippen LogP contribution in [0.5, 0.6) is 0 Å². The van der Waals surface area contributed by atoms with Crippen LogP contribution in [0.4, 0.5) is 17.6 Å². The third kappa shape index (κ3) is 2.30. The number of ether oxygens (including phenoxy) is 2. The van der Waals surface area contributed by atoms with E-state index in [-0.39, 0.29) is 0 Å². The van der Waals surface area contributed by atoms with Crippen LogP contribution in [0.3, 0.4) is 0 Å². The van der Waals surface area contributed by atoms with Crippen LogP contribution >= 0.6 is 0 Å². The summed E-state index contributed by atoms with van der Waals surface area (Å²) >= 11 is 0. The van der Waals surface area contributed by atoms with E-state index in [0.29, 0.717) is 7.11 Å². The third-order valence-electron chi connectivity index (χ3n) is 1.15. The lowest BCUT2D eigenvalue weighted by atomic mass is 10.3. The number of alkyl halides is 4. The molecule has 0 amide bonds. The van der Waals surface area contributed by atoms with Crippen molar-refractivity contribution in [1.29, 1.82) is 0 Å². The summed E-state index contributed by atoms with van der Waals surface area (Å²) in [6, 6.07) is 0. The second-order valence-electron chi connectivity index (χ2n) is 2.02. The molecule has 0 unspecified atom stereocenters. The molecule has 78 valence electrons. The molecule has 13 heavy (non-hydrogen) atoms. The zero-order chi connectivity index (χ0) is 10.7. The molecule has 0 radical (unpaired) electrons. The molecular formula is C6H8F4O3. The maximum Gasteiger partial charge on any atom is 0.431 e. The smallest absolute Gasteiger partial charge is 0.431 e. The first-order valence-corrected chi connectivity index (χ1v) is 3.27. The Bertz CT molecular complexity index is 192. The molecule has 3 nitrogen and oxygen atoms in total. The van der Waals surface area contributed by atoms with E-state index in [0.717, 1.165) is 0 Å². The Kier molecular flexibility index (Phi) is 3.65. The van der Waals surface area contributed by atoms with Gasteiger partial charge in [-0.2, -0.15) is 17.6 Å². The van der Waals surface area contributed by atoms with E-state index >= 15 is 0 Å². The summed E-state index contributed by atoms with van der Waals surface area (Å²) in [6.45, 7) is 0.813. The number of methoxy groups -OCH3 is 1. The SMILES string of the molecule is CCOC(=O)C(F)(F)C(F)(F)OC. The van der Waals surface area contributed by atoms with Crippen molar-refractivity contribution in [1.82, 2.24) is 0 Å². The molecule has 0 fully saturated rings. The van der Waals surface area contributed by atoms with Crippen LogP contribution in [0.1, 0.15) is 6.92 Å². The average molecular weight is 204 g/mol. The molecule has 0 aromatic heterocycles. The van der Waals surface area contributed by atoms with Gasteiger partial charge in [0.1, 0.15) is 0 Å². The maximum atomic E-state index is 12.4. The summed E-state index contributed by atoms with van der Waals surface area (Å²) in [5.41, 5.74) is 0. The van der Waals surface area contributed by atoms with E-state index in [4.69, 9.17) is 0 Å². The van der Waals surface area contributed by atoms with Crippen LogP contribution in [0.2, 0.25) is 0 Å². The minimum Gasteiger partial charge on any atom is -0.461 e. The van der Waals surface area contributed by atoms with Gasteiger partial charge in [-0.1, -0.05) is 0 Å². The molecule has 0 aliphatic rings. The van der Waals surface area contributed by atoms with Gasteiger partial charge in [0.15, 0.2) is 0 Å². The standard InChI is InChI=1S/C6H8F4O3/c1-3-13-4(11)5(7,8)6(9,10)12-2/h3H2,1-2H3. The zero-order valence-corrected chi connectivity index (χ0v) is 6.94. The topological polar surface area (TPSA) is 35.5 Å². The Morgan fingerprint density at radius 2 is 1.77 bits per heavy atom. The van der Waals surface area contributed by atoms with Crippen molar-refractivity contribution in [3.8, 4) is 0 Å². The Hall–Kier alpha value is -0.850. The number of carbonyl (C=O) groups is 1. The highest BCUT2D eigenvalue weighted by atomic mass is 19.3. The normalized spacial score (nSPS) is 12.8. The number of halogens is 4. The van der Waals surface area contributed by atoms with Crippen molar-refractivity contribution in [2.75, 3.05) is 13.7 Å². The number of carbonyl (C=O) groups excluding carboxylic acids is 1. The largest absolute Gasteiger partial charge is 0.461 e. The van der Waals surface area contributed by atoms with Crippen LogP contribution in [-0.2, 0) is 14.3 Å². The summed E-state index contributed by atoms with van der Waals surface area (Å²) < 4.78 is 56.3. The van der Waals surface area contributed by atoms with Gasteiger partial charge in [-0.05, 0) is 6.92 Å². The highest BCUT2D eigenvalue weighted by molar-refractivity contribution is 5.78. The van der Waals surface area contributed by atoms with Crippen molar-refractivity contribution >= 4 is 5.97 Å². The van der Waals surface area contributed by atoms with E-state index in [2.05, 4.69) is 9.47 Å². The molecule has 0 saturated heterocycles. The molecule has 0 heterocycles. The second kappa shape index (κ2) is 3.91. The Morgan fingerprint density at radius 1 is 1.31 bits per heavy atom. The van der Waals surface area contributed by atoms with E-state index in [9.17, 15) is 22.4 Å². The molecule has 0 bridgehead atoms.